The summed E-state index contributed by atoms with van der Waals surface area (Å²) in [5.74, 6) is -1.21. The zero-order valence-electron chi connectivity index (χ0n) is 14.5. The van der Waals surface area contributed by atoms with Crippen molar-refractivity contribution < 1.29 is 22.7 Å². The highest BCUT2D eigenvalue weighted by molar-refractivity contribution is 7.98. The van der Waals surface area contributed by atoms with E-state index in [9.17, 15) is 18.0 Å². The molecule has 0 spiro atoms. The number of fused-ring (bicyclic) bond motifs is 1. The molecular weight excluding hydrogens is 386 g/mol. The minimum Gasteiger partial charge on any atom is -0.461 e. The summed E-state index contributed by atoms with van der Waals surface area (Å²) in [6.45, 7) is -0.439. The number of esters is 1. The highest BCUT2D eigenvalue weighted by atomic mass is 32.2. The lowest BCUT2D eigenvalue weighted by molar-refractivity contribution is -0.137. The molecule has 2 aromatic rings. The van der Waals surface area contributed by atoms with Gasteiger partial charge in [0.1, 0.15) is 11.5 Å². The monoisotopic (exact) mass is 403 g/mol. The van der Waals surface area contributed by atoms with Crippen molar-refractivity contribution in [3.63, 3.8) is 0 Å². The number of nitrogens with zero attached hydrogens (tertiary/aromatic N) is 1. The summed E-state index contributed by atoms with van der Waals surface area (Å²) in [6.07, 6.45) is 4.86. The van der Waals surface area contributed by atoms with Gasteiger partial charge in [0.15, 0.2) is 0 Å². The molecule has 140 valence electrons. The molecule has 0 saturated carbocycles. The Balaban J connectivity index is 1.56. The molecule has 0 aromatic heterocycles. The first-order valence-corrected chi connectivity index (χ1v) is 10.7. The Morgan fingerprint density at radius 1 is 1.15 bits per heavy atom. The Morgan fingerprint density at radius 3 is 2.52 bits per heavy atom. The maximum absolute atomic E-state index is 12.4. The third-order valence-electron chi connectivity index (χ3n) is 3.98. The van der Waals surface area contributed by atoms with Gasteiger partial charge in [-0.15, -0.1) is 11.8 Å². The molecule has 8 heteroatoms. The van der Waals surface area contributed by atoms with Crippen LogP contribution in [-0.2, 0) is 19.6 Å². The summed E-state index contributed by atoms with van der Waals surface area (Å²) < 4.78 is 30.5. The number of rotatable bonds is 6. The van der Waals surface area contributed by atoms with E-state index >= 15 is 0 Å². The predicted molar refractivity (Wildman–Crippen MR) is 103 cm³/mol. The van der Waals surface area contributed by atoms with Crippen LogP contribution in [0.25, 0.3) is 6.08 Å². The van der Waals surface area contributed by atoms with Crippen LogP contribution in [0.1, 0.15) is 15.9 Å². The van der Waals surface area contributed by atoms with E-state index in [-0.39, 0.29) is 23.6 Å². The third-order valence-corrected chi connectivity index (χ3v) is 6.56. The Hall–Kier alpha value is -2.58. The number of benzene rings is 2. The van der Waals surface area contributed by atoms with Crippen molar-refractivity contribution in [2.75, 3.05) is 19.4 Å². The molecule has 0 aliphatic carbocycles. The van der Waals surface area contributed by atoms with E-state index in [1.807, 2.05) is 30.5 Å². The van der Waals surface area contributed by atoms with Gasteiger partial charge in [-0.2, -0.15) is 0 Å². The van der Waals surface area contributed by atoms with E-state index in [4.69, 9.17) is 4.74 Å². The lowest BCUT2D eigenvalue weighted by atomic mass is 10.2. The summed E-state index contributed by atoms with van der Waals surface area (Å²) in [5.41, 5.74) is 0.981. The fourth-order valence-electron chi connectivity index (χ4n) is 2.61. The number of hydrogen-bond acceptors (Lipinski definition) is 6. The zero-order chi connectivity index (χ0) is 19.4. The molecule has 2 aromatic carbocycles. The smallest absolute Gasteiger partial charge is 0.330 e. The van der Waals surface area contributed by atoms with Crippen molar-refractivity contribution in [1.82, 2.24) is 4.31 Å². The molecule has 1 aliphatic rings. The van der Waals surface area contributed by atoms with E-state index < -0.39 is 21.9 Å². The lowest BCUT2D eigenvalue weighted by Gasteiger charge is -2.14. The summed E-state index contributed by atoms with van der Waals surface area (Å²) >= 11 is 1.62. The molecule has 0 bridgehead atoms. The summed E-state index contributed by atoms with van der Waals surface area (Å²) in [5, 5.41) is 0. The molecule has 6 nitrogen and oxygen atoms in total. The molecule has 0 radical (unpaired) electrons. The number of amides is 1. The minimum atomic E-state index is -3.88. The second-order valence-corrected chi connectivity index (χ2v) is 8.36. The molecule has 3 rings (SSSR count). The Labute approximate surface area is 161 Å². The highest BCUT2D eigenvalue weighted by Gasteiger charge is 2.40. The van der Waals surface area contributed by atoms with Crippen molar-refractivity contribution >= 4 is 39.7 Å². The maximum Gasteiger partial charge on any atom is 0.330 e. The summed E-state index contributed by atoms with van der Waals surface area (Å²) in [6, 6.07) is 13.7. The number of ether oxygens (including phenoxy) is 1. The summed E-state index contributed by atoms with van der Waals surface area (Å²) in [4.78, 5) is 25.1. The van der Waals surface area contributed by atoms with Crippen molar-refractivity contribution in [3.05, 3.63) is 65.7 Å². The van der Waals surface area contributed by atoms with Crippen LogP contribution in [-0.4, -0.2) is 44.0 Å². The van der Waals surface area contributed by atoms with Gasteiger partial charge in [0.2, 0.25) is 0 Å². The van der Waals surface area contributed by atoms with Crippen LogP contribution in [0.15, 0.2) is 64.4 Å². The van der Waals surface area contributed by atoms with Gasteiger partial charge in [-0.3, -0.25) is 4.79 Å². The van der Waals surface area contributed by atoms with Crippen LogP contribution in [0.3, 0.4) is 0 Å². The average molecular weight is 403 g/mol. The van der Waals surface area contributed by atoms with Gasteiger partial charge in [0, 0.05) is 11.0 Å². The topological polar surface area (TPSA) is 80.8 Å². The van der Waals surface area contributed by atoms with Gasteiger partial charge in [0.05, 0.1) is 12.1 Å². The lowest BCUT2D eigenvalue weighted by Crippen LogP contribution is -2.33. The van der Waals surface area contributed by atoms with E-state index in [2.05, 4.69) is 0 Å². The van der Waals surface area contributed by atoms with Gasteiger partial charge in [-0.05, 0) is 42.2 Å². The predicted octanol–water partition coefficient (Wildman–Crippen LogP) is 2.81. The molecule has 1 aliphatic heterocycles. The SMILES string of the molecule is CSc1ccc(/C=C/C(=O)OCCN2C(=O)c3ccccc3S2(=O)=O)cc1. The maximum atomic E-state index is 12.4. The largest absolute Gasteiger partial charge is 0.461 e. The molecular formula is C19H17NO5S2. The molecule has 0 N–H and O–H groups in total. The fraction of sp³-hybridized carbons (Fsp3) is 0.158. The van der Waals surface area contributed by atoms with Gasteiger partial charge in [-0.1, -0.05) is 24.3 Å². The fourth-order valence-corrected chi connectivity index (χ4v) is 4.57. The van der Waals surface area contributed by atoms with Crippen LogP contribution in [0.2, 0.25) is 0 Å². The first kappa shape index (κ1) is 19.2. The van der Waals surface area contributed by atoms with Crippen molar-refractivity contribution in [3.8, 4) is 0 Å². The first-order valence-electron chi connectivity index (χ1n) is 8.08. The second kappa shape index (κ2) is 7.98. The molecule has 1 heterocycles. The second-order valence-electron chi connectivity index (χ2n) is 5.65. The Bertz CT molecular complexity index is 997. The van der Waals surface area contributed by atoms with E-state index in [1.165, 1.54) is 18.2 Å². The van der Waals surface area contributed by atoms with Crippen LogP contribution < -0.4 is 0 Å². The molecule has 0 fully saturated rings. The standard InChI is InChI=1S/C19H17NO5S2/c1-26-15-9-6-14(7-10-15)8-11-18(21)25-13-12-20-19(22)16-4-2-3-5-17(16)27(20,23)24/h2-11H,12-13H2,1H3/b11-8+. The van der Waals surface area contributed by atoms with E-state index in [0.29, 0.717) is 0 Å². The van der Waals surface area contributed by atoms with Gasteiger partial charge in [-0.25, -0.2) is 17.5 Å². The van der Waals surface area contributed by atoms with Crippen molar-refractivity contribution in [1.29, 1.82) is 0 Å². The quantitative estimate of drug-likeness (QED) is 0.419. The number of hydrogen-bond donors (Lipinski definition) is 0. The molecule has 0 saturated heterocycles. The Morgan fingerprint density at radius 2 is 1.85 bits per heavy atom. The zero-order valence-corrected chi connectivity index (χ0v) is 16.1. The average Bonchev–Trinajstić information content (AvgIpc) is 2.87. The van der Waals surface area contributed by atoms with E-state index in [1.54, 1.807) is 30.0 Å². The minimum absolute atomic E-state index is 0.0186. The molecule has 27 heavy (non-hydrogen) atoms. The van der Waals surface area contributed by atoms with Crippen molar-refractivity contribution in [2.24, 2.45) is 0 Å². The third kappa shape index (κ3) is 4.06. The van der Waals surface area contributed by atoms with Crippen LogP contribution in [0, 0.1) is 0 Å². The highest BCUT2D eigenvalue weighted by Crippen LogP contribution is 2.29. The van der Waals surface area contributed by atoms with Gasteiger partial charge in [0.25, 0.3) is 15.9 Å². The van der Waals surface area contributed by atoms with Gasteiger partial charge >= 0.3 is 5.97 Å². The number of sulfonamides is 1. The van der Waals surface area contributed by atoms with E-state index in [0.717, 1.165) is 14.8 Å². The molecule has 0 unspecified atom stereocenters. The number of carbonyl (C=O) groups excluding carboxylic acids is 2. The molecule has 0 atom stereocenters. The van der Waals surface area contributed by atoms with Gasteiger partial charge < -0.3 is 4.74 Å². The van der Waals surface area contributed by atoms with Crippen LogP contribution >= 0.6 is 11.8 Å². The van der Waals surface area contributed by atoms with Crippen LogP contribution in [0.5, 0.6) is 0 Å². The normalized spacial score (nSPS) is 15.1. The number of carbonyl (C=O) groups is 2. The van der Waals surface area contributed by atoms with Crippen molar-refractivity contribution in [2.45, 2.75) is 9.79 Å². The van der Waals surface area contributed by atoms with Crippen LogP contribution in [0.4, 0.5) is 0 Å². The number of thioether (sulfide) groups is 1. The Kier molecular flexibility index (Phi) is 5.67. The summed E-state index contributed by atoms with van der Waals surface area (Å²) in [7, 11) is -3.88. The molecule has 1 amide bonds. The first-order chi connectivity index (χ1) is 12.9.